The van der Waals surface area contributed by atoms with Crippen molar-refractivity contribution in [2.24, 2.45) is 5.92 Å². The topological polar surface area (TPSA) is 24.9 Å². The van der Waals surface area contributed by atoms with Gasteiger partial charge >= 0.3 is 0 Å². The van der Waals surface area contributed by atoms with Crippen LogP contribution in [0, 0.1) is 19.8 Å². The lowest BCUT2D eigenvalue weighted by atomic mass is 9.95. The molecule has 19 heavy (non-hydrogen) atoms. The van der Waals surface area contributed by atoms with Gasteiger partial charge in [-0.1, -0.05) is 49.7 Å². The predicted molar refractivity (Wildman–Crippen MR) is 81.4 cm³/mol. The van der Waals surface area contributed by atoms with Gasteiger partial charge in [-0.25, -0.2) is 4.98 Å². The van der Waals surface area contributed by atoms with Gasteiger partial charge < -0.3 is 5.32 Å². The van der Waals surface area contributed by atoms with E-state index in [2.05, 4.69) is 55.3 Å². The maximum atomic E-state index is 4.53. The third-order valence-electron chi connectivity index (χ3n) is 3.29. The van der Waals surface area contributed by atoms with E-state index in [0.29, 0.717) is 5.92 Å². The number of hydrogen-bond donors (Lipinski definition) is 1. The third kappa shape index (κ3) is 3.57. The molecule has 0 radical (unpaired) electrons. The van der Waals surface area contributed by atoms with Gasteiger partial charge in [0.2, 0.25) is 0 Å². The third-order valence-corrected chi connectivity index (χ3v) is 3.29. The van der Waals surface area contributed by atoms with Crippen molar-refractivity contribution < 1.29 is 0 Å². The van der Waals surface area contributed by atoms with Gasteiger partial charge in [-0.2, -0.15) is 0 Å². The molecule has 2 nitrogen and oxygen atoms in total. The number of rotatable bonds is 4. The van der Waals surface area contributed by atoms with Gasteiger partial charge in [0.05, 0.1) is 6.04 Å². The van der Waals surface area contributed by atoms with E-state index < -0.39 is 0 Å². The fourth-order valence-electron chi connectivity index (χ4n) is 2.19. The van der Waals surface area contributed by atoms with Crippen molar-refractivity contribution in [3.8, 4) is 0 Å². The summed E-state index contributed by atoms with van der Waals surface area (Å²) >= 11 is 0. The van der Waals surface area contributed by atoms with Gasteiger partial charge in [0, 0.05) is 5.69 Å². The van der Waals surface area contributed by atoms with Crippen LogP contribution < -0.4 is 5.32 Å². The highest BCUT2D eigenvalue weighted by Gasteiger charge is 2.15. The van der Waals surface area contributed by atoms with Crippen molar-refractivity contribution in [1.82, 2.24) is 4.98 Å². The maximum Gasteiger partial charge on any atom is 0.126 e. The predicted octanol–water partition coefficient (Wildman–Crippen LogP) is 4.51. The Morgan fingerprint density at radius 2 is 1.63 bits per heavy atom. The van der Waals surface area contributed by atoms with E-state index in [0.717, 1.165) is 11.5 Å². The Hall–Kier alpha value is -1.83. The number of nitrogens with zero attached hydrogens (tertiary/aromatic N) is 1. The molecule has 1 aromatic carbocycles. The Kier molecular flexibility index (Phi) is 4.20. The molecule has 2 rings (SSSR count). The molecule has 0 aliphatic carbocycles. The van der Waals surface area contributed by atoms with Crippen LogP contribution in [0.1, 0.15) is 36.7 Å². The van der Waals surface area contributed by atoms with Crippen LogP contribution in [0.25, 0.3) is 0 Å². The molecule has 100 valence electrons. The second-order valence-corrected chi connectivity index (χ2v) is 5.44. The molecular weight excluding hydrogens is 232 g/mol. The molecule has 0 spiro atoms. The first kappa shape index (κ1) is 13.6. The minimum absolute atomic E-state index is 0.287. The molecule has 0 fully saturated rings. The maximum absolute atomic E-state index is 4.53. The SMILES string of the molecule is Cc1ccc(C(Nc2cccc(C)n2)C(C)C)cc1. The zero-order valence-corrected chi connectivity index (χ0v) is 12.1. The van der Waals surface area contributed by atoms with Gasteiger partial charge in [-0.05, 0) is 37.5 Å². The molecule has 0 bridgehead atoms. The highest BCUT2D eigenvalue weighted by atomic mass is 15.0. The molecule has 0 saturated carbocycles. The summed E-state index contributed by atoms with van der Waals surface area (Å²) in [5.41, 5.74) is 3.64. The van der Waals surface area contributed by atoms with E-state index in [1.165, 1.54) is 11.1 Å². The van der Waals surface area contributed by atoms with Crippen LogP contribution in [0.3, 0.4) is 0 Å². The molecule has 0 amide bonds. The summed E-state index contributed by atoms with van der Waals surface area (Å²) in [5, 5.41) is 3.54. The van der Waals surface area contributed by atoms with E-state index in [-0.39, 0.29) is 6.04 Å². The molecule has 2 heteroatoms. The fraction of sp³-hybridized carbons (Fsp3) is 0.353. The minimum Gasteiger partial charge on any atom is -0.363 e. The summed E-state index contributed by atoms with van der Waals surface area (Å²) in [4.78, 5) is 4.53. The van der Waals surface area contributed by atoms with Crippen LogP contribution in [-0.4, -0.2) is 4.98 Å². The lowest BCUT2D eigenvalue weighted by Crippen LogP contribution is -2.17. The number of aryl methyl sites for hydroxylation is 2. The molecule has 1 unspecified atom stereocenters. The zero-order chi connectivity index (χ0) is 13.8. The molecule has 1 aromatic heterocycles. The fourth-order valence-corrected chi connectivity index (χ4v) is 2.19. The summed E-state index contributed by atoms with van der Waals surface area (Å²) in [5.74, 6) is 1.45. The lowest BCUT2D eigenvalue weighted by molar-refractivity contribution is 0.544. The van der Waals surface area contributed by atoms with Crippen LogP contribution in [-0.2, 0) is 0 Å². The van der Waals surface area contributed by atoms with E-state index in [1.54, 1.807) is 0 Å². The lowest BCUT2D eigenvalue weighted by Gasteiger charge is -2.23. The van der Waals surface area contributed by atoms with Crippen LogP contribution in [0.4, 0.5) is 5.82 Å². The monoisotopic (exact) mass is 254 g/mol. The second kappa shape index (κ2) is 5.87. The minimum atomic E-state index is 0.287. The second-order valence-electron chi connectivity index (χ2n) is 5.44. The largest absolute Gasteiger partial charge is 0.363 e. The van der Waals surface area contributed by atoms with E-state index in [4.69, 9.17) is 0 Å². The van der Waals surface area contributed by atoms with Gasteiger partial charge in [-0.3, -0.25) is 0 Å². The van der Waals surface area contributed by atoms with E-state index >= 15 is 0 Å². The average molecular weight is 254 g/mol. The summed E-state index contributed by atoms with van der Waals surface area (Å²) in [6, 6.07) is 15.1. The highest BCUT2D eigenvalue weighted by Crippen LogP contribution is 2.26. The molecule has 0 saturated heterocycles. The Morgan fingerprint density at radius 1 is 0.947 bits per heavy atom. The van der Waals surface area contributed by atoms with Crippen molar-refractivity contribution in [3.05, 3.63) is 59.3 Å². The van der Waals surface area contributed by atoms with Crippen LogP contribution in [0.2, 0.25) is 0 Å². The summed E-state index contributed by atoms with van der Waals surface area (Å²) < 4.78 is 0. The van der Waals surface area contributed by atoms with Crippen LogP contribution in [0.5, 0.6) is 0 Å². The Bertz CT molecular complexity index is 529. The molecular formula is C17H22N2. The summed E-state index contributed by atoms with van der Waals surface area (Å²) in [6.45, 7) is 8.59. The normalized spacial score (nSPS) is 12.5. The van der Waals surface area contributed by atoms with Gasteiger partial charge in [-0.15, -0.1) is 0 Å². The van der Waals surface area contributed by atoms with Crippen LogP contribution >= 0.6 is 0 Å². The molecule has 1 atom stereocenters. The Labute approximate surface area is 115 Å². The Morgan fingerprint density at radius 3 is 2.21 bits per heavy atom. The first-order valence-electron chi connectivity index (χ1n) is 6.83. The standard InChI is InChI=1S/C17H22N2/c1-12(2)17(15-10-8-13(3)9-11-15)19-16-7-5-6-14(4)18-16/h5-12,17H,1-4H3,(H,18,19). The highest BCUT2D eigenvalue weighted by molar-refractivity contribution is 5.39. The average Bonchev–Trinajstić information content (AvgIpc) is 2.37. The van der Waals surface area contributed by atoms with Gasteiger partial charge in [0.25, 0.3) is 0 Å². The molecule has 1 N–H and O–H groups in total. The van der Waals surface area contributed by atoms with Gasteiger partial charge in [0.1, 0.15) is 5.82 Å². The van der Waals surface area contributed by atoms with Crippen molar-refractivity contribution in [2.45, 2.75) is 33.7 Å². The van der Waals surface area contributed by atoms with Crippen molar-refractivity contribution in [3.63, 3.8) is 0 Å². The Balaban J connectivity index is 2.23. The number of aromatic nitrogens is 1. The smallest absolute Gasteiger partial charge is 0.126 e. The van der Waals surface area contributed by atoms with Crippen molar-refractivity contribution >= 4 is 5.82 Å². The van der Waals surface area contributed by atoms with Crippen molar-refractivity contribution in [2.75, 3.05) is 5.32 Å². The van der Waals surface area contributed by atoms with E-state index in [9.17, 15) is 0 Å². The number of benzene rings is 1. The van der Waals surface area contributed by atoms with E-state index in [1.807, 2.05) is 25.1 Å². The first-order valence-corrected chi connectivity index (χ1v) is 6.83. The molecule has 1 heterocycles. The molecule has 0 aliphatic heterocycles. The van der Waals surface area contributed by atoms with Gasteiger partial charge in [0.15, 0.2) is 0 Å². The van der Waals surface area contributed by atoms with Crippen LogP contribution in [0.15, 0.2) is 42.5 Å². The molecule has 2 aromatic rings. The zero-order valence-electron chi connectivity index (χ0n) is 12.1. The number of nitrogens with one attached hydrogen (secondary N) is 1. The number of hydrogen-bond acceptors (Lipinski definition) is 2. The molecule has 0 aliphatic rings. The van der Waals surface area contributed by atoms with Crippen molar-refractivity contribution in [1.29, 1.82) is 0 Å². The summed E-state index contributed by atoms with van der Waals surface area (Å²) in [6.07, 6.45) is 0. The quantitative estimate of drug-likeness (QED) is 0.868. The number of pyridine rings is 1. The summed E-state index contributed by atoms with van der Waals surface area (Å²) in [7, 11) is 0. The first-order chi connectivity index (χ1) is 9.06. The number of anilines is 1.